The van der Waals surface area contributed by atoms with Crippen molar-refractivity contribution in [2.24, 2.45) is 5.84 Å². The fourth-order valence-corrected chi connectivity index (χ4v) is 2.13. The number of hydrazine groups is 1. The second kappa shape index (κ2) is 5.52. The van der Waals surface area contributed by atoms with Gasteiger partial charge in [0.05, 0.1) is 0 Å². The quantitative estimate of drug-likeness (QED) is 0.659. The van der Waals surface area contributed by atoms with E-state index in [1.807, 2.05) is 31.3 Å². The first kappa shape index (κ1) is 13.1. The average Bonchev–Trinajstić information content (AvgIpc) is 2.83. The minimum absolute atomic E-state index is 0.129. The number of aromatic nitrogens is 2. The Balaban J connectivity index is 2.42. The lowest BCUT2D eigenvalue weighted by atomic mass is 10.0. The summed E-state index contributed by atoms with van der Waals surface area (Å²) >= 11 is 6.04. The molecule has 4 nitrogen and oxygen atoms in total. The highest BCUT2D eigenvalue weighted by Gasteiger charge is 2.17. The molecule has 1 heterocycles. The van der Waals surface area contributed by atoms with Gasteiger partial charge in [0.1, 0.15) is 11.9 Å². The lowest BCUT2D eigenvalue weighted by Crippen LogP contribution is -2.31. The van der Waals surface area contributed by atoms with Crippen molar-refractivity contribution in [3.63, 3.8) is 0 Å². The van der Waals surface area contributed by atoms with Crippen LogP contribution in [0.5, 0.6) is 0 Å². The Morgan fingerprint density at radius 1 is 1.50 bits per heavy atom. The molecule has 0 saturated heterocycles. The SMILES string of the molecule is CCn1ccnc1C(NN)c1ccc(Cl)c(C)c1. The van der Waals surface area contributed by atoms with Crippen molar-refractivity contribution in [2.75, 3.05) is 0 Å². The molecule has 18 heavy (non-hydrogen) atoms. The number of nitrogens with zero attached hydrogens (tertiary/aromatic N) is 2. The van der Waals surface area contributed by atoms with Crippen LogP contribution in [0.1, 0.15) is 29.9 Å². The Morgan fingerprint density at radius 2 is 2.28 bits per heavy atom. The second-order valence-corrected chi connectivity index (χ2v) is 4.59. The van der Waals surface area contributed by atoms with Gasteiger partial charge in [-0.1, -0.05) is 23.7 Å². The number of hydrogen-bond donors (Lipinski definition) is 2. The monoisotopic (exact) mass is 264 g/mol. The lowest BCUT2D eigenvalue weighted by Gasteiger charge is -2.18. The number of nitrogens with two attached hydrogens (primary N) is 1. The summed E-state index contributed by atoms with van der Waals surface area (Å²) < 4.78 is 2.06. The highest BCUT2D eigenvalue weighted by molar-refractivity contribution is 6.31. The lowest BCUT2D eigenvalue weighted by molar-refractivity contribution is 0.561. The molecule has 0 saturated carbocycles. The first-order valence-electron chi connectivity index (χ1n) is 5.90. The van der Waals surface area contributed by atoms with Gasteiger partial charge in [-0.25, -0.2) is 10.4 Å². The van der Waals surface area contributed by atoms with E-state index in [9.17, 15) is 0 Å². The molecule has 0 fully saturated rings. The van der Waals surface area contributed by atoms with Crippen LogP contribution < -0.4 is 11.3 Å². The molecule has 1 aromatic heterocycles. The molecule has 0 aliphatic heterocycles. The zero-order valence-electron chi connectivity index (χ0n) is 10.5. The molecule has 5 heteroatoms. The Kier molecular flexibility index (Phi) is 4.01. The first-order valence-corrected chi connectivity index (χ1v) is 6.28. The van der Waals surface area contributed by atoms with Crippen LogP contribution in [0.15, 0.2) is 30.6 Å². The van der Waals surface area contributed by atoms with Gasteiger partial charge < -0.3 is 4.57 Å². The Labute approximate surface area is 112 Å². The number of nitrogens with one attached hydrogen (secondary N) is 1. The van der Waals surface area contributed by atoms with Gasteiger partial charge in [-0.2, -0.15) is 0 Å². The van der Waals surface area contributed by atoms with Crippen LogP contribution in [0.3, 0.4) is 0 Å². The summed E-state index contributed by atoms with van der Waals surface area (Å²) in [4.78, 5) is 4.37. The van der Waals surface area contributed by atoms with Crippen LogP contribution in [-0.4, -0.2) is 9.55 Å². The number of rotatable bonds is 4. The molecule has 2 rings (SSSR count). The summed E-state index contributed by atoms with van der Waals surface area (Å²) in [6, 6.07) is 5.75. The largest absolute Gasteiger partial charge is 0.334 e. The van der Waals surface area contributed by atoms with Gasteiger partial charge in [0.25, 0.3) is 0 Å². The summed E-state index contributed by atoms with van der Waals surface area (Å²) in [5.41, 5.74) is 4.90. The second-order valence-electron chi connectivity index (χ2n) is 4.18. The van der Waals surface area contributed by atoms with E-state index >= 15 is 0 Å². The molecule has 2 aromatic rings. The Bertz CT molecular complexity index is 536. The molecule has 96 valence electrons. The fourth-order valence-electron chi connectivity index (χ4n) is 2.02. The van der Waals surface area contributed by atoms with Gasteiger partial charge in [-0.15, -0.1) is 0 Å². The van der Waals surface area contributed by atoms with Gasteiger partial charge in [0.2, 0.25) is 0 Å². The molecule has 0 aliphatic rings. The number of aryl methyl sites for hydroxylation is 2. The van der Waals surface area contributed by atoms with Gasteiger partial charge in [0, 0.05) is 24.0 Å². The van der Waals surface area contributed by atoms with E-state index in [1.165, 1.54) is 0 Å². The van der Waals surface area contributed by atoms with Crippen LogP contribution in [-0.2, 0) is 6.54 Å². The predicted molar refractivity (Wildman–Crippen MR) is 73.3 cm³/mol. The maximum atomic E-state index is 6.04. The minimum Gasteiger partial charge on any atom is -0.334 e. The standard InChI is InChI=1S/C13H17ClN4/c1-3-18-7-6-16-13(18)12(17-15)10-4-5-11(14)9(2)8-10/h4-8,12,17H,3,15H2,1-2H3. The summed E-state index contributed by atoms with van der Waals surface area (Å²) in [6.07, 6.45) is 3.73. The molecule has 1 aromatic carbocycles. The van der Waals surface area contributed by atoms with Crippen LogP contribution in [0.2, 0.25) is 5.02 Å². The summed E-state index contributed by atoms with van der Waals surface area (Å²) in [5.74, 6) is 6.58. The van der Waals surface area contributed by atoms with Crippen LogP contribution in [0, 0.1) is 6.92 Å². The van der Waals surface area contributed by atoms with Gasteiger partial charge in [-0.05, 0) is 31.0 Å². The molecule has 3 N–H and O–H groups in total. The van der Waals surface area contributed by atoms with Gasteiger partial charge >= 0.3 is 0 Å². The maximum Gasteiger partial charge on any atom is 0.131 e. The molecule has 0 bridgehead atoms. The summed E-state index contributed by atoms with van der Waals surface area (Å²) in [6.45, 7) is 4.91. The highest BCUT2D eigenvalue weighted by Crippen LogP contribution is 2.24. The van der Waals surface area contributed by atoms with Crippen molar-refractivity contribution >= 4 is 11.6 Å². The number of halogens is 1. The third-order valence-electron chi connectivity index (χ3n) is 3.03. The van der Waals surface area contributed by atoms with E-state index in [2.05, 4.69) is 21.9 Å². The van der Waals surface area contributed by atoms with E-state index in [4.69, 9.17) is 17.4 Å². The van der Waals surface area contributed by atoms with E-state index < -0.39 is 0 Å². The molecule has 0 amide bonds. The molecule has 0 radical (unpaired) electrons. The third-order valence-corrected chi connectivity index (χ3v) is 3.45. The Morgan fingerprint density at radius 3 is 2.89 bits per heavy atom. The molecule has 0 spiro atoms. The maximum absolute atomic E-state index is 6.04. The Hall–Kier alpha value is -1.36. The van der Waals surface area contributed by atoms with Crippen molar-refractivity contribution in [2.45, 2.75) is 26.4 Å². The van der Waals surface area contributed by atoms with Crippen molar-refractivity contribution in [3.8, 4) is 0 Å². The summed E-state index contributed by atoms with van der Waals surface area (Å²) in [5, 5.41) is 0.758. The molecular weight excluding hydrogens is 248 g/mol. The van der Waals surface area contributed by atoms with Crippen molar-refractivity contribution in [1.29, 1.82) is 0 Å². The number of benzene rings is 1. The predicted octanol–water partition coefficient (Wildman–Crippen LogP) is 2.42. The number of hydrogen-bond acceptors (Lipinski definition) is 3. The van der Waals surface area contributed by atoms with E-state index in [-0.39, 0.29) is 6.04 Å². The van der Waals surface area contributed by atoms with E-state index in [0.29, 0.717) is 0 Å². The molecule has 0 aliphatic carbocycles. The first-order chi connectivity index (χ1) is 8.67. The van der Waals surface area contributed by atoms with Crippen LogP contribution in [0.4, 0.5) is 0 Å². The molecule has 1 atom stereocenters. The van der Waals surface area contributed by atoms with Crippen LogP contribution in [0.25, 0.3) is 0 Å². The normalized spacial score (nSPS) is 12.7. The average molecular weight is 265 g/mol. The fraction of sp³-hybridized carbons (Fsp3) is 0.308. The van der Waals surface area contributed by atoms with Crippen molar-refractivity contribution in [1.82, 2.24) is 15.0 Å². The molecule has 1 unspecified atom stereocenters. The van der Waals surface area contributed by atoms with E-state index in [0.717, 1.165) is 28.5 Å². The molecular formula is C13H17ClN4. The summed E-state index contributed by atoms with van der Waals surface area (Å²) in [7, 11) is 0. The van der Waals surface area contributed by atoms with Gasteiger partial charge in [0.15, 0.2) is 0 Å². The number of imidazole rings is 1. The highest BCUT2D eigenvalue weighted by atomic mass is 35.5. The van der Waals surface area contributed by atoms with E-state index in [1.54, 1.807) is 6.20 Å². The third kappa shape index (κ3) is 2.41. The van der Waals surface area contributed by atoms with Crippen molar-refractivity contribution < 1.29 is 0 Å². The van der Waals surface area contributed by atoms with Crippen LogP contribution >= 0.6 is 11.6 Å². The zero-order valence-corrected chi connectivity index (χ0v) is 11.3. The van der Waals surface area contributed by atoms with Crippen molar-refractivity contribution in [3.05, 3.63) is 52.6 Å². The topological polar surface area (TPSA) is 55.9 Å². The minimum atomic E-state index is -0.129. The van der Waals surface area contributed by atoms with Gasteiger partial charge in [-0.3, -0.25) is 5.84 Å². The smallest absolute Gasteiger partial charge is 0.131 e. The zero-order chi connectivity index (χ0) is 13.1.